The van der Waals surface area contributed by atoms with Crippen LogP contribution < -0.4 is 0 Å². The summed E-state index contributed by atoms with van der Waals surface area (Å²) in [5.41, 5.74) is 7.50. The average molecular weight is 564 g/mol. The molecule has 0 bridgehead atoms. The van der Waals surface area contributed by atoms with Crippen LogP contribution in [0, 0.1) is 13.8 Å². The molecule has 0 radical (unpaired) electrons. The van der Waals surface area contributed by atoms with Crippen molar-refractivity contribution < 1.29 is 14.6 Å². The van der Waals surface area contributed by atoms with Gasteiger partial charge in [-0.2, -0.15) is 0 Å². The maximum atomic E-state index is 12.5. The monoisotopic (exact) mass is 563 g/mol. The average Bonchev–Trinajstić information content (AvgIpc) is 3.39. The first-order valence-electron chi connectivity index (χ1n) is 12.9. The maximum absolute atomic E-state index is 12.5. The van der Waals surface area contributed by atoms with Crippen LogP contribution in [0.2, 0.25) is 5.02 Å². The second-order valence-electron chi connectivity index (χ2n) is 10.5. The van der Waals surface area contributed by atoms with E-state index in [9.17, 15) is 4.79 Å². The topological polar surface area (TPSA) is 77.2 Å². The van der Waals surface area contributed by atoms with Crippen molar-refractivity contribution in [2.75, 3.05) is 6.61 Å². The van der Waals surface area contributed by atoms with Gasteiger partial charge < -0.3 is 14.4 Å². The van der Waals surface area contributed by atoms with Gasteiger partial charge in [-0.05, 0) is 94.6 Å². The molecule has 0 saturated heterocycles. The fourth-order valence-electron chi connectivity index (χ4n) is 4.31. The second kappa shape index (κ2) is 11.5. The maximum Gasteiger partial charge on any atom is 0.310 e. The SMILES string of the molecule is CC(C)(C)O.CCOC(=O)Cc1c(C)cc2nc(-c3ccc4nc(C)n(C)c4c3)sc2c1-c1ccc(Cl)cc1. The van der Waals surface area contributed by atoms with E-state index in [1.807, 2.05) is 58.2 Å². The molecule has 8 heteroatoms. The van der Waals surface area contributed by atoms with Gasteiger partial charge in [-0.3, -0.25) is 4.79 Å². The van der Waals surface area contributed by atoms with E-state index < -0.39 is 5.60 Å². The van der Waals surface area contributed by atoms with Gasteiger partial charge in [0, 0.05) is 23.2 Å². The summed E-state index contributed by atoms with van der Waals surface area (Å²) in [5.74, 6) is 0.739. The molecule has 6 nitrogen and oxygen atoms in total. The van der Waals surface area contributed by atoms with Crippen molar-refractivity contribution >= 4 is 50.2 Å². The van der Waals surface area contributed by atoms with Gasteiger partial charge in [0.2, 0.25) is 0 Å². The Kier molecular flexibility index (Phi) is 8.45. The van der Waals surface area contributed by atoms with E-state index in [0.29, 0.717) is 11.6 Å². The molecule has 39 heavy (non-hydrogen) atoms. The first-order chi connectivity index (χ1) is 18.4. The van der Waals surface area contributed by atoms with Crippen LogP contribution in [0.4, 0.5) is 0 Å². The Hall–Kier alpha value is -3.26. The summed E-state index contributed by atoms with van der Waals surface area (Å²) in [5, 5.41) is 10.1. The van der Waals surface area contributed by atoms with Gasteiger partial charge in [0.25, 0.3) is 0 Å². The second-order valence-corrected chi connectivity index (χ2v) is 11.9. The number of esters is 1. The van der Waals surface area contributed by atoms with Crippen LogP contribution in [0.25, 0.3) is 42.9 Å². The molecular weight excluding hydrogens is 530 g/mol. The van der Waals surface area contributed by atoms with Gasteiger partial charge in [-0.15, -0.1) is 11.3 Å². The Morgan fingerprint density at radius 2 is 1.67 bits per heavy atom. The lowest BCUT2D eigenvalue weighted by molar-refractivity contribution is -0.142. The molecule has 0 aliphatic heterocycles. The minimum atomic E-state index is -0.500. The number of carbonyl (C=O) groups excluding carboxylic acids is 1. The number of aryl methyl sites for hydroxylation is 3. The summed E-state index contributed by atoms with van der Waals surface area (Å²) >= 11 is 7.80. The lowest BCUT2D eigenvalue weighted by atomic mass is 9.93. The van der Waals surface area contributed by atoms with Crippen LogP contribution >= 0.6 is 22.9 Å². The van der Waals surface area contributed by atoms with Crippen LogP contribution in [-0.2, 0) is 23.0 Å². The van der Waals surface area contributed by atoms with Crippen molar-refractivity contribution in [2.24, 2.45) is 7.05 Å². The smallest absolute Gasteiger partial charge is 0.310 e. The Balaban J connectivity index is 0.000000648. The van der Waals surface area contributed by atoms with Crippen LogP contribution in [0.5, 0.6) is 0 Å². The first kappa shape index (κ1) is 28.7. The molecule has 0 fully saturated rings. The molecule has 5 rings (SSSR count). The number of ether oxygens (including phenoxy) is 1. The third-order valence-corrected chi connectivity index (χ3v) is 7.51. The fourth-order valence-corrected chi connectivity index (χ4v) is 5.57. The summed E-state index contributed by atoms with van der Waals surface area (Å²) in [6, 6.07) is 16.1. The quantitative estimate of drug-likeness (QED) is 0.222. The number of hydrogen-bond acceptors (Lipinski definition) is 6. The molecule has 0 aliphatic carbocycles. The van der Waals surface area contributed by atoms with Gasteiger partial charge >= 0.3 is 5.97 Å². The number of benzene rings is 3. The van der Waals surface area contributed by atoms with Crippen molar-refractivity contribution in [1.82, 2.24) is 14.5 Å². The summed E-state index contributed by atoms with van der Waals surface area (Å²) in [7, 11) is 2.02. The van der Waals surface area contributed by atoms with E-state index in [4.69, 9.17) is 26.4 Å². The molecule has 0 saturated carbocycles. The van der Waals surface area contributed by atoms with Crippen molar-refractivity contribution in [3.05, 3.63) is 70.5 Å². The Morgan fingerprint density at radius 3 is 2.31 bits per heavy atom. The molecule has 2 heterocycles. The third-order valence-electron chi connectivity index (χ3n) is 6.12. The molecule has 2 aromatic heterocycles. The van der Waals surface area contributed by atoms with Gasteiger partial charge in [-0.1, -0.05) is 23.7 Å². The predicted molar refractivity (Wildman–Crippen MR) is 162 cm³/mol. The number of fused-ring (bicyclic) bond motifs is 2. The first-order valence-corrected chi connectivity index (χ1v) is 14.1. The highest BCUT2D eigenvalue weighted by Gasteiger charge is 2.20. The van der Waals surface area contributed by atoms with Crippen molar-refractivity contribution in [3.8, 4) is 21.7 Å². The molecular formula is C31H34ClN3O3S. The summed E-state index contributed by atoms with van der Waals surface area (Å²) < 4.78 is 8.41. The number of hydrogen-bond donors (Lipinski definition) is 1. The molecule has 0 amide bonds. The minimum Gasteiger partial charge on any atom is -0.466 e. The van der Waals surface area contributed by atoms with Crippen molar-refractivity contribution in [2.45, 2.75) is 53.6 Å². The Labute approximate surface area is 238 Å². The number of nitrogens with zero attached hydrogens (tertiary/aromatic N) is 3. The van der Waals surface area contributed by atoms with Gasteiger partial charge in [-0.25, -0.2) is 9.97 Å². The van der Waals surface area contributed by atoms with E-state index in [-0.39, 0.29) is 12.4 Å². The number of carbonyl (C=O) groups is 1. The molecule has 204 valence electrons. The number of rotatable bonds is 5. The molecule has 0 aliphatic rings. The number of imidazole rings is 1. The van der Waals surface area contributed by atoms with Crippen molar-refractivity contribution in [1.29, 1.82) is 0 Å². The zero-order chi connectivity index (χ0) is 28.5. The van der Waals surface area contributed by atoms with Crippen LogP contribution in [0.15, 0.2) is 48.5 Å². The van der Waals surface area contributed by atoms with E-state index in [2.05, 4.69) is 27.8 Å². The summed E-state index contributed by atoms with van der Waals surface area (Å²) in [6.45, 7) is 11.4. The normalized spacial score (nSPS) is 11.5. The Morgan fingerprint density at radius 1 is 1.03 bits per heavy atom. The van der Waals surface area contributed by atoms with E-state index in [1.165, 1.54) is 0 Å². The summed E-state index contributed by atoms with van der Waals surface area (Å²) in [6.07, 6.45) is 0.209. The molecule has 0 spiro atoms. The summed E-state index contributed by atoms with van der Waals surface area (Å²) in [4.78, 5) is 22.1. The highest BCUT2D eigenvalue weighted by atomic mass is 35.5. The predicted octanol–water partition coefficient (Wildman–Crippen LogP) is 7.67. The lowest BCUT2D eigenvalue weighted by Gasteiger charge is -2.14. The molecule has 3 aromatic carbocycles. The van der Waals surface area contributed by atoms with Crippen LogP contribution in [0.1, 0.15) is 44.6 Å². The zero-order valence-corrected chi connectivity index (χ0v) is 25.0. The van der Waals surface area contributed by atoms with Crippen LogP contribution in [0.3, 0.4) is 0 Å². The van der Waals surface area contributed by atoms with Crippen LogP contribution in [-0.4, -0.2) is 37.8 Å². The zero-order valence-electron chi connectivity index (χ0n) is 23.4. The van der Waals surface area contributed by atoms with E-state index in [1.54, 1.807) is 32.1 Å². The Bertz CT molecular complexity index is 1640. The van der Waals surface area contributed by atoms with Crippen molar-refractivity contribution in [3.63, 3.8) is 0 Å². The molecule has 0 atom stereocenters. The minimum absolute atomic E-state index is 0.209. The molecule has 5 aromatic rings. The number of aliphatic hydroxyl groups is 1. The van der Waals surface area contributed by atoms with Gasteiger partial charge in [0.1, 0.15) is 10.8 Å². The fraction of sp³-hybridized carbons (Fsp3) is 0.323. The third kappa shape index (κ3) is 6.67. The number of thiazole rings is 1. The van der Waals surface area contributed by atoms with E-state index >= 15 is 0 Å². The number of aromatic nitrogens is 3. The lowest BCUT2D eigenvalue weighted by Crippen LogP contribution is -2.10. The largest absolute Gasteiger partial charge is 0.466 e. The van der Waals surface area contributed by atoms with E-state index in [0.717, 1.165) is 59.9 Å². The molecule has 0 unspecified atom stereocenters. The highest BCUT2D eigenvalue weighted by Crippen LogP contribution is 2.41. The highest BCUT2D eigenvalue weighted by molar-refractivity contribution is 7.22. The molecule has 1 N–H and O–H groups in total. The number of halogens is 1. The van der Waals surface area contributed by atoms with Gasteiger partial charge in [0.15, 0.2) is 0 Å². The van der Waals surface area contributed by atoms with Gasteiger partial charge in [0.05, 0.1) is 39.9 Å². The standard InChI is InChI=1S/C27H24ClN3O2S.C4H10O/c1-5-33-24(32)14-20-15(2)12-22-26(25(20)17-6-9-19(28)10-7-17)34-27(30-22)18-8-11-21-23(13-18)31(4)16(3)29-21;1-4(2,3)5/h6-13H,5,14H2,1-4H3;5H,1-3H3.